The van der Waals surface area contributed by atoms with E-state index < -0.39 is 5.82 Å². The lowest BCUT2D eigenvalue weighted by Gasteiger charge is -2.09. The highest BCUT2D eigenvalue weighted by molar-refractivity contribution is 7.80. The van der Waals surface area contributed by atoms with Crippen LogP contribution < -0.4 is 11.3 Å². The summed E-state index contributed by atoms with van der Waals surface area (Å²) in [4.78, 5) is 12.1. The van der Waals surface area contributed by atoms with Crippen LogP contribution in [0.25, 0.3) is 0 Å². The largest absolute Gasteiger partial charge is 0.389 e. The molecule has 0 fully saturated rings. The van der Waals surface area contributed by atoms with Gasteiger partial charge in [-0.25, -0.2) is 4.39 Å². The molecule has 0 aliphatic carbocycles. The molecular weight excluding hydrogens is 287 g/mol. The Morgan fingerprint density at radius 1 is 1.37 bits per heavy atom. The number of nitrogens with two attached hydrogens (primary N) is 1. The molecule has 0 bridgehead atoms. The molecular formula is C13H10ClFN2OS. The fourth-order valence-electron chi connectivity index (χ4n) is 1.70. The summed E-state index contributed by atoms with van der Waals surface area (Å²) in [5.41, 5.74) is 5.57. The van der Waals surface area contributed by atoms with Gasteiger partial charge in [-0.15, -0.1) is 0 Å². The van der Waals surface area contributed by atoms with Gasteiger partial charge in [0.2, 0.25) is 0 Å². The molecule has 98 valence electrons. The minimum Gasteiger partial charge on any atom is -0.389 e. The van der Waals surface area contributed by atoms with E-state index in [9.17, 15) is 9.18 Å². The Bertz CT molecular complexity index is 679. The van der Waals surface area contributed by atoms with Gasteiger partial charge < -0.3 is 10.3 Å². The van der Waals surface area contributed by atoms with E-state index in [4.69, 9.17) is 29.6 Å². The van der Waals surface area contributed by atoms with Crippen molar-refractivity contribution in [2.75, 3.05) is 0 Å². The summed E-state index contributed by atoms with van der Waals surface area (Å²) in [6.07, 6.45) is 1.53. The summed E-state index contributed by atoms with van der Waals surface area (Å²) in [7, 11) is 0. The van der Waals surface area contributed by atoms with Crippen LogP contribution in [-0.2, 0) is 6.54 Å². The van der Waals surface area contributed by atoms with E-state index in [1.54, 1.807) is 12.1 Å². The average Bonchev–Trinajstić information content (AvgIpc) is 2.35. The number of nitrogens with zero attached hydrogens (tertiary/aromatic N) is 1. The van der Waals surface area contributed by atoms with Gasteiger partial charge in [-0.1, -0.05) is 29.9 Å². The molecule has 6 heteroatoms. The lowest BCUT2D eigenvalue weighted by Crippen LogP contribution is -2.29. The van der Waals surface area contributed by atoms with Crippen molar-refractivity contribution < 1.29 is 4.39 Å². The quantitative estimate of drug-likeness (QED) is 0.884. The van der Waals surface area contributed by atoms with Gasteiger partial charge in [0.05, 0.1) is 12.1 Å². The standard InChI is InChI=1S/C13H10ClFN2OS/c14-10-4-1-5-11(15)9(10)7-17-6-2-3-8(12(16)19)13(17)18/h1-6H,7H2,(H2,16,19). The first-order valence-corrected chi connectivity index (χ1v) is 6.21. The summed E-state index contributed by atoms with van der Waals surface area (Å²) in [6, 6.07) is 7.54. The van der Waals surface area contributed by atoms with E-state index >= 15 is 0 Å². The summed E-state index contributed by atoms with van der Waals surface area (Å²) in [6.45, 7) is 0.0286. The Morgan fingerprint density at radius 2 is 2.11 bits per heavy atom. The molecule has 1 heterocycles. The molecule has 0 spiro atoms. The Kier molecular flexibility index (Phi) is 3.97. The number of pyridine rings is 1. The minimum atomic E-state index is -0.458. The third-order valence-corrected chi connectivity index (χ3v) is 3.25. The molecule has 2 rings (SSSR count). The van der Waals surface area contributed by atoms with Crippen LogP contribution in [0.4, 0.5) is 4.39 Å². The van der Waals surface area contributed by atoms with Crippen molar-refractivity contribution in [1.82, 2.24) is 4.57 Å². The number of hydrogen-bond acceptors (Lipinski definition) is 2. The molecule has 1 aromatic heterocycles. The highest BCUT2D eigenvalue weighted by atomic mass is 35.5. The summed E-state index contributed by atoms with van der Waals surface area (Å²) in [5, 5.41) is 0.271. The first kappa shape index (κ1) is 13.7. The first-order chi connectivity index (χ1) is 9.00. The van der Waals surface area contributed by atoms with Crippen LogP contribution >= 0.6 is 23.8 Å². The molecule has 0 saturated heterocycles. The van der Waals surface area contributed by atoms with Crippen molar-refractivity contribution in [3.8, 4) is 0 Å². The second kappa shape index (κ2) is 5.50. The zero-order valence-electron chi connectivity index (χ0n) is 9.77. The van der Waals surface area contributed by atoms with Gasteiger partial charge in [-0.3, -0.25) is 4.79 Å². The third-order valence-electron chi connectivity index (χ3n) is 2.68. The van der Waals surface area contributed by atoms with Gasteiger partial charge in [-0.05, 0) is 24.3 Å². The average molecular weight is 297 g/mol. The molecule has 0 atom stereocenters. The maximum atomic E-state index is 13.7. The van der Waals surface area contributed by atoms with Crippen LogP contribution in [0.2, 0.25) is 5.02 Å². The smallest absolute Gasteiger partial charge is 0.261 e. The lowest BCUT2D eigenvalue weighted by molar-refractivity contribution is 0.596. The molecule has 0 amide bonds. The van der Waals surface area contributed by atoms with E-state index in [2.05, 4.69) is 0 Å². The van der Waals surface area contributed by atoms with Crippen molar-refractivity contribution in [3.05, 3.63) is 68.8 Å². The lowest BCUT2D eigenvalue weighted by atomic mass is 10.2. The zero-order chi connectivity index (χ0) is 14.0. The number of aromatic nitrogens is 1. The summed E-state index contributed by atoms with van der Waals surface area (Å²) < 4.78 is 15.0. The number of hydrogen-bond donors (Lipinski definition) is 1. The molecule has 0 aliphatic heterocycles. The number of rotatable bonds is 3. The molecule has 0 saturated carbocycles. The SMILES string of the molecule is NC(=S)c1cccn(Cc2c(F)cccc2Cl)c1=O. The van der Waals surface area contributed by atoms with Crippen molar-refractivity contribution in [2.45, 2.75) is 6.54 Å². The second-order valence-corrected chi connectivity index (χ2v) is 4.77. The predicted molar refractivity (Wildman–Crippen MR) is 77.1 cm³/mol. The topological polar surface area (TPSA) is 48.0 Å². The van der Waals surface area contributed by atoms with Crippen molar-refractivity contribution in [3.63, 3.8) is 0 Å². The van der Waals surface area contributed by atoms with Crippen LogP contribution in [0.15, 0.2) is 41.3 Å². The molecule has 19 heavy (non-hydrogen) atoms. The molecule has 2 aromatic rings. The van der Waals surface area contributed by atoms with Gasteiger partial charge >= 0.3 is 0 Å². The van der Waals surface area contributed by atoms with Crippen LogP contribution in [0.5, 0.6) is 0 Å². The molecule has 1 aromatic carbocycles. The molecule has 0 aliphatic rings. The third kappa shape index (κ3) is 2.83. The van der Waals surface area contributed by atoms with E-state index in [0.717, 1.165) is 0 Å². The Labute approximate surface area is 119 Å². The minimum absolute atomic E-state index is 0.0129. The molecule has 0 unspecified atom stereocenters. The van der Waals surface area contributed by atoms with Crippen LogP contribution in [0.1, 0.15) is 11.1 Å². The summed E-state index contributed by atoms with van der Waals surface area (Å²) >= 11 is 10.7. The van der Waals surface area contributed by atoms with E-state index in [1.165, 1.54) is 29.0 Å². The van der Waals surface area contributed by atoms with Gasteiger partial charge in [0.15, 0.2) is 0 Å². The molecule has 3 nitrogen and oxygen atoms in total. The van der Waals surface area contributed by atoms with Crippen LogP contribution in [-0.4, -0.2) is 9.56 Å². The maximum Gasteiger partial charge on any atom is 0.261 e. The van der Waals surface area contributed by atoms with Crippen molar-refractivity contribution in [2.24, 2.45) is 5.73 Å². The Balaban J connectivity index is 2.48. The second-order valence-electron chi connectivity index (χ2n) is 3.92. The predicted octanol–water partition coefficient (Wildman–Crippen LogP) is 2.32. The van der Waals surface area contributed by atoms with Crippen LogP contribution in [0, 0.1) is 5.82 Å². The number of benzene rings is 1. The van der Waals surface area contributed by atoms with Gasteiger partial charge in [0, 0.05) is 16.8 Å². The maximum absolute atomic E-state index is 13.7. The monoisotopic (exact) mass is 296 g/mol. The van der Waals surface area contributed by atoms with E-state index in [0.29, 0.717) is 0 Å². The number of halogens is 2. The first-order valence-electron chi connectivity index (χ1n) is 5.43. The number of thiocarbonyl (C=S) groups is 1. The van der Waals surface area contributed by atoms with Crippen molar-refractivity contribution in [1.29, 1.82) is 0 Å². The van der Waals surface area contributed by atoms with E-state index in [-0.39, 0.29) is 33.2 Å². The highest BCUT2D eigenvalue weighted by Gasteiger charge is 2.10. The zero-order valence-corrected chi connectivity index (χ0v) is 11.3. The van der Waals surface area contributed by atoms with Gasteiger partial charge in [0.25, 0.3) is 5.56 Å². The van der Waals surface area contributed by atoms with Crippen molar-refractivity contribution >= 4 is 28.8 Å². The Hall–Kier alpha value is -1.72. The summed E-state index contributed by atoms with van der Waals surface area (Å²) in [5.74, 6) is -0.458. The molecule has 0 radical (unpaired) electrons. The van der Waals surface area contributed by atoms with E-state index in [1.807, 2.05) is 0 Å². The fourth-order valence-corrected chi connectivity index (χ4v) is 2.08. The highest BCUT2D eigenvalue weighted by Crippen LogP contribution is 2.19. The fraction of sp³-hybridized carbons (Fsp3) is 0.0769. The van der Waals surface area contributed by atoms with Gasteiger partial charge in [0.1, 0.15) is 10.8 Å². The normalized spacial score (nSPS) is 10.4. The van der Waals surface area contributed by atoms with Crippen LogP contribution in [0.3, 0.4) is 0 Å². The Morgan fingerprint density at radius 3 is 2.74 bits per heavy atom. The van der Waals surface area contributed by atoms with Gasteiger partial charge in [-0.2, -0.15) is 0 Å². The molecule has 2 N–H and O–H groups in total.